The third-order valence-corrected chi connectivity index (χ3v) is 209. The van der Waals surface area contributed by atoms with Gasteiger partial charge in [-0.25, -0.2) is 9.69 Å². The van der Waals surface area contributed by atoms with Gasteiger partial charge in [-0.3, -0.25) is 0 Å². The van der Waals surface area contributed by atoms with Crippen molar-refractivity contribution in [2.75, 3.05) is 0 Å². The van der Waals surface area contributed by atoms with Crippen LogP contribution in [0.1, 0.15) is 63.1 Å². The van der Waals surface area contributed by atoms with Crippen LogP contribution < -0.4 is 5.46 Å². The van der Waals surface area contributed by atoms with Gasteiger partial charge in [0.1, 0.15) is 0 Å². The van der Waals surface area contributed by atoms with Gasteiger partial charge in [0.15, 0.2) is 11.4 Å². The minimum Gasteiger partial charge on any atom is -0.423 e. The number of nitriles is 1. The van der Waals surface area contributed by atoms with Gasteiger partial charge >= 0.3 is 7.12 Å². The Kier molecular flexibility index (Phi) is 33.4. The lowest BCUT2D eigenvalue weighted by Crippen LogP contribution is -2.29. The molecule has 664 valence electrons. The van der Waals surface area contributed by atoms with Crippen LogP contribution in [0.5, 0.6) is 0 Å². The first-order valence-corrected chi connectivity index (χ1v) is 92.1. The Morgan fingerprint density at radius 1 is 0.306 bits per heavy atom. The predicted octanol–water partition coefficient (Wildman–Crippen LogP) is 40.7. The van der Waals surface area contributed by atoms with Gasteiger partial charge in [-0.05, 0) is 310 Å². The van der Waals surface area contributed by atoms with Gasteiger partial charge in [0.2, 0.25) is 0 Å². The van der Waals surface area contributed by atoms with E-state index >= 15 is 0 Å². The number of halogens is 1. The summed E-state index contributed by atoms with van der Waals surface area (Å²) >= 11 is 7.52. The first kappa shape index (κ1) is 103. The lowest BCUT2D eigenvalue weighted by molar-refractivity contribution is 0.426. The largest absolute Gasteiger partial charge is 0.488 e. The zero-order valence-corrected chi connectivity index (χ0v) is 101. The van der Waals surface area contributed by atoms with Gasteiger partial charge in [-0.2, -0.15) is 5.26 Å². The summed E-state index contributed by atoms with van der Waals surface area (Å²) in [4.78, 5) is 6.68. The molecule has 134 heavy (non-hydrogen) atoms. The number of fused-ring (bicyclic) bond motifs is 26. The molecule has 0 heterocycles. The summed E-state index contributed by atoms with van der Waals surface area (Å²) in [5.41, 5.74) is 39.7. The Morgan fingerprint density at radius 2 is 0.642 bits per heavy atom. The van der Waals surface area contributed by atoms with Crippen LogP contribution in [0, 0.1) is 31.4 Å². The molecule has 6 aliphatic rings. The topological polar surface area (TPSA) is 73.0 Å². The second-order valence-electron chi connectivity index (χ2n) is 32.4. The SMILES string of the molecule is C.Cc1cc(C#N)cc(-c2ccc(-c3c4c(cc5c3-c3ccccc3C53c5ccccc5-c5ccccc53)-c3cccc5cccc-4c35)cc2)c1.Clc1c2c(cc3c1-c1ccccc1C31c3ccccc3-c3ccccc31)-c1cccc3cccc-2c13.PP(P)P(P)P(P(P(P)P)P(P)P)P(P(P(P)P)P(P)P)P(P(P)P)P(P)P.[C-]#[N+]c1cc([N+]#[C-])cc(-c2ccc(B(O)O)cc2)c1. The predicted molar refractivity (Wildman–Crippen MR) is 671 cm³/mol. The van der Waals surface area contributed by atoms with E-state index in [0.29, 0.717) is 22.4 Å². The molecule has 0 aromatic heterocycles. The van der Waals surface area contributed by atoms with Crippen LogP contribution in [0.4, 0.5) is 11.4 Å². The molecule has 2 spiro atoms. The number of nitrogens with zero attached hydrogens (tertiary/aromatic N) is 3. The van der Waals surface area contributed by atoms with Crippen LogP contribution in [0.3, 0.4) is 0 Å². The highest BCUT2D eigenvalue weighted by Crippen LogP contribution is 3.37. The van der Waals surface area contributed by atoms with E-state index < -0.39 is 12.5 Å². The molecule has 0 saturated carbocycles. The van der Waals surface area contributed by atoms with Gasteiger partial charge in [0.25, 0.3) is 0 Å². The molecule has 2 N–H and O–H groups in total. The Morgan fingerprint density at radius 3 is 1.04 bits per heavy atom. The van der Waals surface area contributed by atoms with Crippen LogP contribution in [0.15, 0.2) is 315 Å². The van der Waals surface area contributed by atoms with Crippen molar-refractivity contribution in [3.05, 3.63) is 399 Å². The summed E-state index contributed by atoms with van der Waals surface area (Å²) in [6.45, 7) is 16.1. The molecule has 5 nitrogen and oxygen atoms in total. The molecule has 17 atom stereocenters. The van der Waals surface area contributed by atoms with Crippen LogP contribution >= 0.6 is 236 Å². The molecule has 0 aliphatic heterocycles. The van der Waals surface area contributed by atoms with Crippen molar-refractivity contribution in [3.63, 3.8) is 0 Å². The third kappa shape index (κ3) is 18.3. The van der Waals surface area contributed by atoms with Crippen molar-refractivity contribution in [2.45, 2.75) is 25.2 Å². The number of hydrogen-bond acceptors (Lipinski definition) is 3. The van der Waals surface area contributed by atoms with Gasteiger partial charge in [0.05, 0.1) is 40.6 Å². The van der Waals surface area contributed by atoms with Crippen molar-refractivity contribution < 1.29 is 10.0 Å². The fourth-order valence-corrected chi connectivity index (χ4v) is 373. The molecule has 0 radical (unpaired) electrons. The minimum absolute atomic E-state index is 0. The molecule has 22 rings (SSSR count). The fourth-order valence-electron chi connectivity index (χ4n) is 20.3. The van der Waals surface area contributed by atoms with Crippen molar-refractivity contribution in [1.29, 1.82) is 5.26 Å². The fraction of sp³-hybridized carbons (Fsp3) is 0.0404. The van der Waals surface area contributed by atoms with E-state index in [1.165, 1.54) is 172 Å². The summed E-state index contributed by atoms with van der Waals surface area (Å²) in [5.74, 6) is 0. The van der Waals surface area contributed by atoms with Gasteiger partial charge < -0.3 is 10.0 Å². The van der Waals surface area contributed by atoms with E-state index in [1.54, 1.807) is 36.4 Å². The average Bonchev–Trinajstić information content (AvgIpc) is 1.50. The first-order chi connectivity index (χ1) is 64.3. The van der Waals surface area contributed by atoms with E-state index in [0.717, 1.165) is 32.8 Å². The smallest absolute Gasteiger partial charge is 0.423 e. The number of rotatable bonds is 16. The summed E-state index contributed by atoms with van der Waals surface area (Å²) in [6, 6.07) is 115. The maximum Gasteiger partial charge on any atom is 0.488 e. The molecule has 6 aliphatic carbocycles. The summed E-state index contributed by atoms with van der Waals surface area (Å²) in [7, 11) is 47.5. The highest BCUT2D eigenvalue weighted by molar-refractivity contribution is 9.43. The maximum atomic E-state index is 9.68. The van der Waals surface area contributed by atoms with Crippen LogP contribution in [0.25, 0.3) is 154 Å². The zero-order chi connectivity index (χ0) is 93.1. The summed E-state index contributed by atoms with van der Waals surface area (Å²) in [6.07, 6.45) is 0. The Labute approximate surface area is 841 Å². The van der Waals surface area contributed by atoms with Crippen molar-refractivity contribution >= 4 is 282 Å². The Bertz CT molecular complexity index is 7340. The van der Waals surface area contributed by atoms with E-state index in [-0.39, 0.29) is 104 Å². The molecular formula is C99H91BClN3O2P28. The lowest BCUT2D eigenvalue weighted by Gasteiger charge is -2.51. The monoisotopic (exact) mass is 2270 g/mol. The third-order valence-electron chi connectivity index (χ3n) is 25.2. The molecule has 35 heteroatoms. The molecule has 0 saturated heterocycles. The summed E-state index contributed by atoms with van der Waals surface area (Å²) < 4.78 is 0. The van der Waals surface area contributed by atoms with Gasteiger partial charge in [0, 0.05) is 11.1 Å². The van der Waals surface area contributed by atoms with Crippen molar-refractivity contribution in [2.24, 2.45) is 0 Å². The Balaban J connectivity index is 0.000000127. The van der Waals surface area contributed by atoms with Crippen LogP contribution in [-0.2, 0) is 10.8 Å². The molecule has 16 aromatic carbocycles. The van der Waals surface area contributed by atoms with E-state index in [2.05, 4.69) is 417 Å². The van der Waals surface area contributed by atoms with Crippen LogP contribution in [-0.4, -0.2) is 17.2 Å². The average molecular weight is 2270 g/mol. The standard InChI is InChI=1S/C49H29N.C35H19Cl.C14H9BN2O2.CH4.H30P28/c1-29-24-30(28-50)26-34(25-29)31-20-22-33(23-21-31)46-47-39-16-9-11-32-10-8-15-37(45(32)39)40(47)27-44-48(46)38-14-4-7-19-43(38)49(44)41-17-5-2-12-35(41)36-13-3-6-18-42(36)49;36-34-32-25-15-8-10-20-9-7-14-23(31(20)25)26(32)19-30-33(34)24-13-3-6-18-29(24)35(30)27-16-4-1-11-21(27)22-12-2-5-17-28(22)35;1-16-13-7-11(8-14(9-13)17-2)10-3-5-12(6-4-10)15(18)19;;1-16(2)23(15)27(24(17(3)4)18(5)6)28(25(19(7)8)20(9)10)26(21(11)12)22(13)14/h2-27H,1H3;1-19H;3-9,18-19H;1H4;1-15H2. The van der Waals surface area contributed by atoms with E-state index in [9.17, 15) is 5.26 Å². The van der Waals surface area contributed by atoms with Gasteiger partial charge in [-0.1, -0.05) is 310 Å². The van der Waals surface area contributed by atoms with Crippen molar-refractivity contribution in [3.8, 4) is 128 Å². The molecule has 0 bridgehead atoms. The highest BCUT2D eigenvalue weighted by Gasteiger charge is 2.56. The summed E-state index contributed by atoms with van der Waals surface area (Å²) in [5, 5.41) is 33.8. The molecule has 0 amide bonds. The van der Waals surface area contributed by atoms with Crippen molar-refractivity contribution in [1.82, 2.24) is 0 Å². The quantitative estimate of drug-likeness (QED) is 0.0575. The van der Waals surface area contributed by atoms with Gasteiger partial charge in [-0.15, -0.1) is 134 Å². The van der Waals surface area contributed by atoms with E-state index in [4.69, 9.17) is 34.8 Å². The molecule has 17 unspecified atom stereocenters. The van der Waals surface area contributed by atoms with E-state index in [1.807, 2.05) is 12.1 Å². The maximum absolute atomic E-state index is 9.68. The second-order valence-corrected chi connectivity index (χ2v) is 145. The van der Waals surface area contributed by atoms with Crippen LogP contribution in [0.2, 0.25) is 5.02 Å². The lowest BCUT2D eigenvalue weighted by atomic mass is 9.69. The zero-order valence-electron chi connectivity index (χ0n) is 71.2. The molecule has 16 aromatic rings. The number of aryl methyl sites for hydroxylation is 1. The minimum atomic E-state index is -1.50. The normalized spacial score (nSPS) is 13.6. The molecule has 0 fully saturated rings. The highest BCUT2D eigenvalue weighted by atomic mass is 35.5. The second kappa shape index (κ2) is 43.5. The Hall–Kier alpha value is -1.18. The number of benzene rings is 16. The number of hydrogen-bond donors (Lipinski definition) is 2. The first-order valence-electron chi connectivity index (χ1n) is 41.6. The molecular weight excluding hydrogens is 2180 g/mol.